The van der Waals surface area contributed by atoms with Crippen molar-refractivity contribution < 1.29 is 13.9 Å². The summed E-state index contributed by atoms with van der Waals surface area (Å²) >= 11 is 0. The van der Waals surface area contributed by atoms with Crippen molar-refractivity contribution in [3.63, 3.8) is 0 Å². The molecule has 1 N–H and O–H groups in total. The number of rotatable bonds is 3. The summed E-state index contributed by atoms with van der Waals surface area (Å²) in [5, 5.41) is 12.4. The Morgan fingerprint density at radius 3 is 2.96 bits per heavy atom. The van der Waals surface area contributed by atoms with E-state index in [0.717, 1.165) is 48.4 Å². The Morgan fingerprint density at radius 1 is 1.33 bits per heavy atom. The lowest BCUT2D eigenvalue weighted by Crippen LogP contribution is -2.38. The van der Waals surface area contributed by atoms with Gasteiger partial charge in [-0.05, 0) is 34.8 Å². The van der Waals surface area contributed by atoms with Gasteiger partial charge in [-0.25, -0.2) is 4.39 Å². The summed E-state index contributed by atoms with van der Waals surface area (Å²) < 4.78 is 25.7. The van der Waals surface area contributed by atoms with E-state index in [1.54, 1.807) is 6.08 Å². The van der Waals surface area contributed by atoms with E-state index in [-0.39, 0.29) is 6.10 Å². The number of hydrogen-bond acceptors (Lipinski definition) is 4. The van der Waals surface area contributed by atoms with Gasteiger partial charge in [-0.15, -0.1) is 0 Å². The van der Waals surface area contributed by atoms with E-state index < -0.39 is 11.7 Å². The molecule has 27 heavy (non-hydrogen) atoms. The second-order valence-electron chi connectivity index (χ2n) is 6.94. The Labute approximate surface area is 159 Å². The summed E-state index contributed by atoms with van der Waals surface area (Å²) in [4.78, 5) is 0. The quantitative estimate of drug-likeness (QED) is 0.834. The van der Waals surface area contributed by atoms with Crippen LogP contribution in [0.15, 0.2) is 70.1 Å². The van der Waals surface area contributed by atoms with Gasteiger partial charge in [0.1, 0.15) is 11.7 Å². The van der Waals surface area contributed by atoms with Crippen LogP contribution in [0.25, 0.3) is 0 Å². The minimum Gasteiger partial charge on any atom is -0.375 e. The number of allylic oxidation sites excluding steroid dienone is 8. The SMILES string of the molecule is N#CC1C=C/C(=C2/C=C[CH]C(C[C@@H]3CNCCO3)=C2C2=CCOC2)C=C1F. The van der Waals surface area contributed by atoms with Crippen molar-refractivity contribution in [1.29, 1.82) is 5.26 Å². The second-order valence-corrected chi connectivity index (χ2v) is 6.94. The molecule has 0 spiro atoms. The van der Waals surface area contributed by atoms with Gasteiger partial charge in [-0.1, -0.05) is 36.0 Å². The Morgan fingerprint density at radius 2 is 2.26 bits per heavy atom. The maximum atomic E-state index is 14.3. The predicted molar refractivity (Wildman–Crippen MR) is 101 cm³/mol. The second kappa shape index (κ2) is 8.18. The third kappa shape index (κ3) is 3.89. The molecule has 2 heterocycles. The van der Waals surface area contributed by atoms with Crippen molar-refractivity contribution in [3.05, 3.63) is 76.6 Å². The zero-order chi connectivity index (χ0) is 18.6. The average molecular weight is 365 g/mol. The van der Waals surface area contributed by atoms with E-state index in [1.165, 1.54) is 11.6 Å². The largest absolute Gasteiger partial charge is 0.375 e. The summed E-state index contributed by atoms with van der Waals surface area (Å²) in [5.74, 6) is -1.21. The first-order valence-corrected chi connectivity index (χ1v) is 9.30. The molecule has 1 saturated heterocycles. The van der Waals surface area contributed by atoms with Gasteiger partial charge in [0, 0.05) is 19.5 Å². The van der Waals surface area contributed by atoms with E-state index in [4.69, 9.17) is 14.7 Å². The maximum absolute atomic E-state index is 14.3. The van der Waals surface area contributed by atoms with Gasteiger partial charge in [0.2, 0.25) is 0 Å². The predicted octanol–water partition coefficient (Wildman–Crippen LogP) is 3.25. The molecule has 1 fully saturated rings. The van der Waals surface area contributed by atoms with Crippen molar-refractivity contribution >= 4 is 0 Å². The molecule has 4 nitrogen and oxygen atoms in total. The highest BCUT2D eigenvalue weighted by atomic mass is 19.1. The molecule has 4 rings (SSSR count). The molecule has 0 aromatic heterocycles. The van der Waals surface area contributed by atoms with Crippen LogP contribution in [0.2, 0.25) is 0 Å². The minimum atomic E-state index is -0.795. The maximum Gasteiger partial charge on any atom is 0.122 e. The minimum absolute atomic E-state index is 0.123. The van der Waals surface area contributed by atoms with E-state index >= 15 is 0 Å². The molecule has 2 atom stereocenters. The zero-order valence-electron chi connectivity index (χ0n) is 15.1. The van der Waals surface area contributed by atoms with Crippen LogP contribution in [0.3, 0.4) is 0 Å². The topological polar surface area (TPSA) is 54.3 Å². The van der Waals surface area contributed by atoms with Crippen LogP contribution in [0.5, 0.6) is 0 Å². The highest BCUT2D eigenvalue weighted by Crippen LogP contribution is 2.38. The fourth-order valence-electron chi connectivity index (χ4n) is 3.80. The van der Waals surface area contributed by atoms with Gasteiger partial charge in [0.05, 0.1) is 32.0 Å². The molecule has 4 aliphatic rings. The zero-order valence-corrected chi connectivity index (χ0v) is 15.1. The van der Waals surface area contributed by atoms with Crippen LogP contribution < -0.4 is 5.32 Å². The smallest absolute Gasteiger partial charge is 0.122 e. The molecule has 1 unspecified atom stereocenters. The summed E-state index contributed by atoms with van der Waals surface area (Å²) in [7, 11) is 0. The first-order valence-electron chi connectivity index (χ1n) is 9.30. The van der Waals surface area contributed by atoms with Crippen LogP contribution in [-0.2, 0) is 9.47 Å². The first kappa shape index (κ1) is 18.1. The van der Waals surface area contributed by atoms with E-state index in [0.29, 0.717) is 13.2 Å². The number of nitrogens with one attached hydrogen (secondary N) is 1. The molecule has 0 bridgehead atoms. The summed E-state index contributed by atoms with van der Waals surface area (Å²) in [6.45, 7) is 3.58. The number of nitriles is 1. The number of hydrogen-bond donors (Lipinski definition) is 1. The van der Waals surface area contributed by atoms with Crippen molar-refractivity contribution in [2.24, 2.45) is 5.92 Å². The standard InChI is InChI=1S/C22H22FN2O2/c23-21-11-15(4-5-17(21)12-24)20-3-1-2-16(10-19-13-25-7-9-27-19)22(20)18-6-8-26-14-18/h1-6,11,17,19,25H,7-10,13-14H2/b20-15+/t17?,19-/m1/s1. The van der Waals surface area contributed by atoms with Crippen LogP contribution in [0.1, 0.15) is 6.42 Å². The van der Waals surface area contributed by atoms with Crippen molar-refractivity contribution in [3.8, 4) is 6.07 Å². The molecule has 1 radical (unpaired) electrons. The molecule has 139 valence electrons. The third-order valence-corrected chi connectivity index (χ3v) is 5.14. The molecule has 0 amide bonds. The molecule has 0 saturated carbocycles. The number of nitrogens with zero attached hydrogens (tertiary/aromatic N) is 1. The van der Waals surface area contributed by atoms with E-state index in [2.05, 4.69) is 17.8 Å². The van der Waals surface area contributed by atoms with Crippen LogP contribution in [0.4, 0.5) is 4.39 Å². The van der Waals surface area contributed by atoms with Crippen molar-refractivity contribution in [1.82, 2.24) is 5.32 Å². The molecular formula is C22H22FN2O2. The highest BCUT2D eigenvalue weighted by Gasteiger charge is 2.26. The van der Waals surface area contributed by atoms with Crippen molar-refractivity contribution in [2.75, 3.05) is 32.9 Å². The lowest BCUT2D eigenvalue weighted by molar-refractivity contribution is 0.0294. The lowest BCUT2D eigenvalue weighted by Gasteiger charge is -2.28. The molecule has 5 heteroatoms. The summed E-state index contributed by atoms with van der Waals surface area (Å²) in [5.41, 5.74) is 5.15. The first-order chi connectivity index (χ1) is 13.3. The third-order valence-electron chi connectivity index (χ3n) is 5.14. The number of ether oxygens (including phenoxy) is 2. The molecular weight excluding hydrogens is 343 g/mol. The monoisotopic (exact) mass is 365 g/mol. The molecule has 0 aromatic carbocycles. The van der Waals surface area contributed by atoms with Gasteiger partial charge >= 0.3 is 0 Å². The van der Waals surface area contributed by atoms with Crippen LogP contribution in [0, 0.1) is 23.7 Å². The van der Waals surface area contributed by atoms with Gasteiger partial charge in [-0.3, -0.25) is 0 Å². The van der Waals surface area contributed by atoms with Gasteiger partial charge in [0.25, 0.3) is 0 Å². The molecule has 2 aliphatic carbocycles. The Balaban J connectivity index is 1.74. The van der Waals surface area contributed by atoms with Crippen LogP contribution >= 0.6 is 0 Å². The average Bonchev–Trinajstić information content (AvgIpc) is 3.23. The van der Waals surface area contributed by atoms with Crippen LogP contribution in [-0.4, -0.2) is 39.0 Å². The Bertz CT molecular complexity index is 833. The van der Waals surface area contributed by atoms with Gasteiger partial charge in [-0.2, -0.15) is 5.26 Å². The molecule has 0 aromatic rings. The summed E-state index contributed by atoms with van der Waals surface area (Å²) in [6.07, 6.45) is 14.1. The normalized spacial score (nSPS) is 31.0. The number of halogens is 1. The lowest BCUT2D eigenvalue weighted by atomic mass is 9.81. The van der Waals surface area contributed by atoms with E-state index in [9.17, 15) is 4.39 Å². The van der Waals surface area contributed by atoms with E-state index in [1.807, 2.05) is 24.3 Å². The van der Waals surface area contributed by atoms with Crippen molar-refractivity contribution in [2.45, 2.75) is 12.5 Å². The van der Waals surface area contributed by atoms with Gasteiger partial charge in [0.15, 0.2) is 0 Å². The molecule has 2 aliphatic heterocycles. The highest BCUT2D eigenvalue weighted by molar-refractivity contribution is 5.66. The van der Waals surface area contributed by atoms with Gasteiger partial charge < -0.3 is 14.8 Å². The fraction of sp³-hybridized carbons (Fsp3) is 0.364. The summed E-state index contributed by atoms with van der Waals surface area (Å²) in [6, 6.07) is 1.96. The fourth-order valence-corrected chi connectivity index (χ4v) is 3.80. The Kier molecular flexibility index (Phi) is 5.49. The number of morpholine rings is 1. The Hall–Kier alpha value is -2.26.